The fraction of sp³-hybridized carbons (Fsp3) is 0.480. The van der Waals surface area contributed by atoms with Gasteiger partial charge in [-0.05, 0) is 73.9 Å². The van der Waals surface area contributed by atoms with Gasteiger partial charge in [-0.2, -0.15) is 4.31 Å². The number of rotatable bonds is 7. The minimum atomic E-state index is -3.59. The van der Waals surface area contributed by atoms with Gasteiger partial charge in [0.25, 0.3) is 0 Å². The number of hydrogen-bond donors (Lipinski definition) is 1. The van der Waals surface area contributed by atoms with Crippen molar-refractivity contribution in [2.45, 2.75) is 58.6 Å². The van der Waals surface area contributed by atoms with Crippen LogP contribution in [0.3, 0.4) is 0 Å². The summed E-state index contributed by atoms with van der Waals surface area (Å²) < 4.78 is 33.5. The molecule has 2 aromatic carbocycles. The predicted molar refractivity (Wildman–Crippen MR) is 126 cm³/mol. The van der Waals surface area contributed by atoms with Crippen LogP contribution < -0.4 is 5.32 Å². The zero-order valence-electron chi connectivity index (χ0n) is 19.7. The largest absolute Gasteiger partial charge is 0.380 e. The zero-order chi connectivity index (χ0) is 23.5. The Bertz CT molecular complexity index is 1040. The first-order valence-corrected chi connectivity index (χ1v) is 12.5. The number of carbonyl (C=O) groups excluding carboxylic acids is 1. The van der Waals surface area contributed by atoms with Crippen molar-refractivity contribution in [3.8, 4) is 0 Å². The highest BCUT2D eigenvalue weighted by molar-refractivity contribution is 7.89. The number of ether oxygens (including phenoxy) is 1. The van der Waals surface area contributed by atoms with Gasteiger partial charge in [-0.1, -0.05) is 30.3 Å². The molecule has 0 spiro atoms. The van der Waals surface area contributed by atoms with Crippen LogP contribution in [-0.2, 0) is 32.7 Å². The molecule has 174 valence electrons. The summed E-state index contributed by atoms with van der Waals surface area (Å²) in [7, 11) is -1.93. The number of hydrogen-bond acceptors (Lipinski definition) is 4. The molecule has 3 rings (SSSR count). The molecular weight excluding hydrogens is 424 g/mol. The SMILES string of the molecule is COCc1ccc(CNC(=O)C2CCN(S(=O)(=O)c3c(C)c(C)cc(C)c3C)CC2)cc1. The van der Waals surface area contributed by atoms with Crippen LogP contribution in [0.25, 0.3) is 0 Å². The molecule has 0 aliphatic carbocycles. The Morgan fingerprint density at radius 1 is 1.00 bits per heavy atom. The Morgan fingerprint density at radius 3 is 2.06 bits per heavy atom. The third-order valence-corrected chi connectivity index (χ3v) is 8.69. The van der Waals surface area contributed by atoms with Gasteiger partial charge >= 0.3 is 0 Å². The smallest absolute Gasteiger partial charge is 0.243 e. The normalized spacial score (nSPS) is 15.7. The Morgan fingerprint density at radius 2 is 1.53 bits per heavy atom. The van der Waals surface area contributed by atoms with Gasteiger partial charge in [0.2, 0.25) is 15.9 Å². The number of methoxy groups -OCH3 is 1. The number of piperidine rings is 1. The van der Waals surface area contributed by atoms with E-state index in [9.17, 15) is 13.2 Å². The maximum absolute atomic E-state index is 13.4. The molecule has 1 saturated heterocycles. The van der Waals surface area contributed by atoms with Gasteiger partial charge in [0, 0.05) is 32.7 Å². The van der Waals surface area contributed by atoms with Crippen molar-refractivity contribution in [2.75, 3.05) is 20.2 Å². The molecule has 1 heterocycles. The molecule has 7 heteroatoms. The van der Waals surface area contributed by atoms with Crippen LogP contribution in [0, 0.1) is 33.6 Å². The molecule has 2 aromatic rings. The van der Waals surface area contributed by atoms with Crippen LogP contribution in [0.2, 0.25) is 0 Å². The quantitative estimate of drug-likeness (QED) is 0.685. The summed E-state index contributed by atoms with van der Waals surface area (Å²) in [6.45, 7) is 9.38. The highest BCUT2D eigenvalue weighted by Crippen LogP contribution is 2.31. The first-order valence-electron chi connectivity index (χ1n) is 11.1. The van der Waals surface area contributed by atoms with Crippen molar-refractivity contribution in [3.05, 3.63) is 63.7 Å². The molecule has 0 radical (unpaired) electrons. The number of sulfonamides is 1. The summed E-state index contributed by atoms with van der Waals surface area (Å²) in [6.07, 6.45) is 1.06. The van der Waals surface area contributed by atoms with Crippen LogP contribution in [0.5, 0.6) is 0 Å². The first kappa shape index (κ1) is 24.4. The summed E-state index contributed by atoms with van der Waals surface area (Å²) in [5.41, 5.74) is 5.70. The Hall–Kier alpha value is -2.22. The van der Waals surface area contributed by atoms with Gasteiger partial charge in [0.05, 0.1) is 11.5 Å². The highest BCUT2D eigenvalue weighted by atomic mass is 32.2. The fourth-order valence-corrected chi connectivity index (χ4v) is 6.35. The third kappa shape index (κ3) is 5.22. The van der Waals surface area contributed by atoms with Crippen molar-refractivity contribution in [3.63, 3.8) is 0 Å². The molecule has 0 unspecified atom stereocenters. The van der Waals surface area contributed by atoms with E-state index in [4.69, 9.17) is 4.74 Å². The molecule has 1 aliphatic rings. The van der Waals surface area contributed by atoms with E-state index in [1.807, 2.05) is 58.0 Å². The second kappa shape index (κ2) is 10.1. The van der Waals surface area contributed by atoms with Gasteiger partial charge in [-0.15, -0.1) is 0 Å². The standard InChI is InChI=1S/C25H34N2O4S/c1-17-14-18(2)20(4)24(19(17)3)32(29,30)27-12-10-23(11-13-27)25(28)26-15-21-6-8-22(9-7-21)16-31-5/h6-9,14,23H,10-13,15-16H2,1-5H3,(H,26,28). The lowest BCUT2D eigenvalue weighted by Gasteiger charge is -2.31. The molecule has 1 aliphatic heterocycles. The fourth-order valence-electron chi connectivity index (χ4n) is 4.31. The van der Waals surface area contributed by atoms with Crippen molar-refractivity contribution < 1.29 is 17.9 Å². The number of benzene rings is 2. The van der Waals surface area contributed by atoms with Crippen molar-refractivity contribution >= 4 is 15.9 Å². The van der Waals surface area contributed by atoms with Crippen LogP contribution in [0.1, 0.15) is 46.2 Å². The van der Waals surface area contributed by atoms with Crippen LogP contribution in [0.4, 0.5) is 0 Å². The second-order valence-electron chi connectivity index (χ2n) is 8.74. The highest BCUT2D eigenvalue weighted by Gasteiger charge is 2.34. The average molecular weight is 459 g/mol. The Balaban J connectivity index is 1.60. The molecule has 1 fully saturated rings. The number of nitrogens with zero attached hydrogens (tertiary/aromatic N) is 1. The zero-order valence-corrected chi connectivity index (χ0v) is 20.5. The number of aryl methyl sites for hydroxylation is 2. The Labute approximate surface area is 192 Å². The summed E-state index contributed by atoms with van der Waals surface area (Å²) in [4.78, 5) is 13.1. The van der Waals surface area contributed by atoms with E-state index < -0.39 is 10.0 Å². The summed E-state index contributed by atoms with van der Waals surface area (Å²) >= 11 is 0. The molecule has 0 bridgehead atoms. The van der Waals surface area contributed by atoms with Crippen LogP contribution in [-0.4, -0.2) is 38.8 Å². The van der Waals surface area contributed by atoms with Crippen molar-refractivity contribution in [1.29, 1.82) is 0 Å². The van der Waals surface area contributed by atoms with Gasteiger partial charge in [-0.25, -0.2) is 8.42 Å². The Kier molecular flexibility index (Phi) is 7.75. The molecular formula is C25H34N2O4S. The lowest BCUT2D eigenvalue weighted by Crippen LogP contribution is -2.43. The third-order valence-electron chi connectivity index (χ3n) is 6.52. The van der Waals surface area contributed by atoms with E-state index in [0.717, 1.165) is 33.4 Å². The van der Waals surface area contributed by atoms with Crippen LogP contribution in [0.15, 0.2) is 35.2 Å². The second-order valence-corrected chi connectivity index (χ2v) is 10.6. The summed E-state index contributed by atoms with van der Waals surface area (Å²) in [5.74, 6) is -0.183. The molecule has 1 N–H and O–H groups in total. The minimum absolute atomic E-state index is 0.0122. The van der Waals surface area contributed by atoms with Gasteiger partial charge in [0.1, 0.15) is 0 Å². The topological polar surface area (TPSA) is 75.7 Å². The monoisotopic (exact) mass is 458 g/mol. The average Bonchev–Trinajstić information content (AvgIpc) is 2.77. The van der Waals surface area contributed by atoms with E-state index in [1.54, 1.807) is 11.4 Å². The molecule has 0 aromatic heterocycles. The lowest BCUT2D eigenvalue weighted by atomic mass is 9.97. The van der Waals surface area contributed by atoms with E-state index >= 15 is 0 Å². The number of carbonyl (C=O) groups is 1. The number of nitrogens with one attached hydrogen (secondary N) is 1. The summed E-state index contributed by atoms with van der Waals surface area (Å²) in [6, 6.07) is 9.98. The van der Waals surface area contributed by atoms with Gasteiger partial charge < -0.3 is 10.1 Å². The number of amides is 1. The van der Waals surface area contributed by atoms with Crippen molar-refractivity contribution in [1.82, 2.24) is 9.62 Å². The molecule has 32 heavy (non-hydrogen) atoms. The molecule has 6 nitrogen and oxygen atoms in total. The van der Waals surface area contributed by atoms with Gasteiger partial charge in [-0.3, -0.25) is 4.79 Å². The summed E-state index contributed by atoms with van der Waals surface area (Å²) in [5, 5.41) is 3.00. The first-order chi connectivity index (χ1) is 15.1. The van der Waals surface area contributed by atoms with E-state index in [-0.39, 0.29) is 11.8 Å². The maximum Gasteiger partial charge on any atom is 0.243 e. The van der Waals surface area contributed by atoms with Gasteiger partial charge in [0.15, 0.2) is 0 Å². The minimum Gasteiger partial charge on any atom is -0.380 e. The van der Waals surface area contributed by atoms with E-state index in [0.29, 0.717) is 44.0 Å². The van der Waals surface area contributed by atoms with E-state index in [2.05, 4.69) is 5.32 Å². The van der Waals surface area contributed by atoms with Crippen LogP contribution >= 0.6 is 0 Å². The predicted octanol–water partition coefficient (Wildman–Crippen LogP) is 3.78. The van der Waals surface area contributed by atoms with E-state index in [1.165, 1.54) is 0 Å². The molecule has 0 atom stereocenters. The molecule has 0 saturated carbocycles. The lowest BCUT2D eigenvalue weighted by molar-refractivity contribution is -0.126. The molecule has 1 amide bonds. The maximum atomic E-state index is 13.4. The van der Waals surface area contributed by atoms with Crippen molar-refractivity contribution in [2.24, 2.45) is 5.92 Å².